The summed E-state index contributed by atoms with van der Waals surface area (Å²) in [6.07, 6.45) is 0.232. The summed E-state index contributed by atoms with van der Waals surface area (Å²) in [6, 6.07) is 31.3. The maximum Gasteiger partial charge on any atom is 0.163 e. The summed E-state index contributed by atoms with van der Waals surface area (Å²) in [5.41, 5.74) is 2.46. The SMILES string of the molecule is N#C[C@H](c1ccc(Cl)cc1)[C@@H](CC(=O)c1ccc2ccccc2c1)c1cccc(Br)c1. The van der Waals surface area contributed by atoms with E-state index < -0.39 is 5.92 Å². The second kappa shape index (κ2) is 9.47. The molecule has 4 rings (SSSR count). The van der Waals surface area contributed by atoms with Crippen molar-refractivity contribution in [2.24, 2.45) is 0 Å². The summed E-state index contributed by atoms with van der Waals surface area (Å²) in [5, 5.41) is 12.8. The van der Waals surface area contributed by atoms with Gasteiger partial charge in [-0.05, 0) is 52.2 Å². The molecular weight excluding hydrogens is 470 g/mol. The zero-order valence-corrected chi connectivity index (χ0v) is 19.0. The minimum atomic E-state index is -0.476. The molecule has 0 aliphatic heterocycles. The lowest BCUT2D eigenvalue weighted by molar-refractivity contribution is 0.0972. The summed E-state index contributed by atoms with van der Waals surface area (Å²) >= 11 is 9.57. The van der Waals surface area contributed by atoms with Crippen molar-refractivity contribution in [2.45, 2.75) is 18.3 Å². The van der Waals surface area contributed by atoms with Crippen LogP contribution in [0.25, 0.3) is 10.8 Å². The molecule has 0 aliphatic carbocycles. The summed E-state index contributed by atoms with van der Waals surface area (Å²) in [6.45, 7) is 0. The molecule has 4 aromatic rings. The van der Waals surface area contributed by atoms with Gasteiger partial charge in [0.1, 0.15) is 0 Å². The van der Waals surface area contributed by atoms with Crippen LogP contribution in [-0.2, 0) is 0 Å². The minimum absolute atomic E-state index is 0.0185. The molecule has 0 amide bonds. The number of hydrogen-bond acceptors (Lipinski definition) is 2. The van der Waals surface area contributed by atoms with Crippen LogP contribution in [0.15, 0.2) is 95.5 Å². The van der Waals surface area contributed by atoms with E-state index in [4.69, 9.17) is 11.6 Å². The van der Waals surface area contributed by atoms with Crippen LogP contribution in [0.3, 0.4) is 0 Å². The fourth-order valence-corrected chi connectivity index (χ4v) is 4.46. The van der Waals surface area contributed by atoms with E-state index in [1.807, 2.05) is 78.9 Å². The van der Waals surface area contributed by atoms with E-state index in [9.17, 15) is 10.1 Å². The Balaban J connectivity index is 1.72. The van der Waals surface area contributed by atoms with E-state index in [0.29, 0.717) is 10.6 Å². The van der Waals surface area contributed by atoms with Gasteiger partial charge >= 0.3 is 0 Å². The Morgan fingerprint density at radius 1 is 0.871 bits per heavy atom. The molecule has 31 heavy (non-hydrogen) atoms. The second-order valence-electron chi connectivity index (χ2n) is 7.51. The van der Waals surface area contributed by atoms with Gasteiger partial charge in [0, 0.05) is 27.4 Å². The number of nitrogens with zero attached hydrogens (tertiary/aromatic N) is 1. The van der Waals surface area contributed by atoms with Crippen LogP contribution in [0.4, 0.5) is 0 Å². The molecule has 4 heteroatoms. The van der Waals surface area contributed by atoms with E-state index in [1.54, 1.807) is 12.1 Å². The van der Waals surface area contributed by atoms with Gasteiger partial charge in [-0.2, -0.15) is 5.26 Å². The Bertz CT molecular complexity index is 1280. The number of benzene rings is 4. The topological polar surface area (TPSA) is 40.9 Å². The Morgan fingerprint density at radius 3 is 2.32 bits per heavy atom. The molecule has 0 radical (unpaired) electrons. The summed E-state index contributed by atoms with van der Waals surface area (Å²) in [4.78, 5) is 13.3. The standard InChI is InChI=1S/C27H19BrClNO/c28-23-7-3-6-21(15-23)25(26(17-30)19-10-12-24(29)13-11-19)16-27(31)22-9-8-18-4-1-2-5-20(18)14-22/h1-15,25-26H,16H2/t25-,26+/m0/s1. The fraction of sp³-hybridized carbons (Fsp3) is 0.111. The van der Waals surface area contributed by atoms with Gasteiger partial charge in [-0.15, -0.1) is 0 Å². The zero-order valence-electron chi connectivity index (χ0n) is 16.6. The number of nitriles is 1. The van der Waals surface area contributed by atoms with E-state index in [1.165, 1.54) is 0 Å². The first-order chi connectivity index (χ1) is 15.0. The smallest absolute Gasteiger partial charge is 0.163 e. The van der Waals surface area contributed by atoms with E-state index >= 15 is 0 Å². The van der Waals surface area contributed by atoms with Crippen LogP contribution < -0.4 is 0 Å². The highest BCUT2D eigenvalue weighted by atomic mass is 79.9. The highest BCUT2D eigenvalue weighted by molar-refractivity contribution is 9.10. The van der Waals surface area contributed by atoms with E-state index in [-0.39, 0.29) is 18.1 Å². The molecular formula is C27H19BrClNO. The van der Waals surface area contributed by atoms with Crippen molar-refractivity contribution in [3.8, 4) is 6.07 Å². The van der Waals surface area contributed by atoms with Crippen LogP contribution in [0.5, 0.6) is 0 Å². The zero-order chi connectivity index (χ0) is 21.8. The average molecular weight is 489 g/mol. The number of halogens is 2. The predicted molar refractivity (Wildman–Crippen MR) is 130 cm³/mol. The van der Waals surface area contributed by atoms with Crippen LogP contribution in [-0.4, -0.2) is 5.78 Å². The third kappa shape index (κ3) is 4.88. The van der Waals surface area contributed by atoms with E-state index in [0.717, 1.165) is 26.4 Å². The van der Waals surface area contributed by atoms with Crippen LogP contribution in [0, 0.1) is 11.3 Å². The third-order valence-electron chi connectivity index (χ3n) is 5.52. The summed E-state index contributed by atoms with van der Waals surface area (Å²) in [7, 11) is 0. The number of ketones is 1. The minimum Gasteiger partial charge on any atom is -0.294 e. The largest absolute Gasteiger partial charge is 0.294 e. The van der Waals surface area contributed by atoms with Gasteiger partial charge in [0.25, 0.3) is 0 Å². The number of rotatable bonds is 6. The molecule has 0 saturated heterocycles. The lowest BCUT2D eigenvalue weighted by Gasteiger charge is -2.23. The number of carbonyl (C=O) groups is 1. The summed E-state index contributed by atoms with van der Waals surface area (Å²) in [5.74, 6) is -0.747. The van der Waals surface area contributed by atoms with Gasteiger partial charge < -0.3 is 0 Å². The van der Waals surface area contributed by atoms with Gasteiger partial charge in [0.15, 0.2) is 5.78 Å². The highest BCUT2D eigenvalue weighted by Gasteiger charge is 2.28. The van der Waals surface area contributed by atoms with Crippen LogP contribution in [0.1, 0.15) is 39.7 Å². The van der Waals surface area contributed by atoms with Crippen molar-refractivity contribution in [2.75, 3.05) is 0 Å². The molecule has 0 aliphatic rings. The fourth-order valence-electron chi connectivity index (χ4n) is 3.91. The maximum atomic E-state index is 13.3. The first-order valence-corrected chi connectivity index (χ1v) is 11.1. The number of hydrogen-bond donors (Lipinski definition) is 0. The molecule has 4 aromatic carbocycles. The Labute approximate surface area is 195 Å². The molecule has 0 N–H and O–H groups in total. The maximum absolute atomic E-state index is 13.3. The van der Waals surface area contributed by atoms with Crippen molar-refractivity contribution < 1.29 is 4.79 Å². The monoisotopic (exact) mass is 487 g/mol. The molecule has 0 spiro atoms. The average Bonchev–Trinajstić information content (AvgIpc) is 2.79. The molecule has 2 nitrogen and oxygen atoms in total. The first-order valence-electron chi connectivity index (χ1n) is 9.97. The van der Waals surface area contributed by atoms with Crippen LogP contribution >= 0.6 is 27.5 Å². The number of carbonyl (C=O) groups excluding carboxylic acids is 1. The first kappa shape index (κ1) is 21.3. The molecule has 0 fully saturated rings. The lowest BCUT2D eigenvalue weighted by Crippen LogP contribution is -2.15. The van der Waals surface area contributed by atoms with Gasteiger partial charge in [-0.3, -0.25) is 4.79 Å². The van der Waals surface area contributed by atoms with Crippen molar-refractivity contribution in [3.63, 3.8) is 0 Å². The Hall–Kier alpha value is -2.93. The molecule has 0 bridgehead atoms. The molecule has 152 valence electrons. The number of fused-ring (bicyclic) bond motifs is 1. The molecule has 0 unspecified atom stereocenters. The predicted octanol–water partition coefficient (Wildman–Crippen LogP) is 7.92. The highest BCUT2D eigenvalue weighted by Crippen LogP contribution is 2.37. The number of Topliss-reactive ketones (excluding diaryl/α,β-unsaturated/α-hetero) is 1. The van der Waals surface area contributed by atoms with Crippen molar-refractivity contribution in [1.82, 2.24) is 0 Å². The van der Waals surface area contributed by atoms with Crippen molar-refractivity contribution >= 4 is 44.1 Å². The van der Waals surface area contributed by atoms with Gasteiger partial charge in [-0.25, -0.2) is 0 Å². The molecule has 0 saturated carbocycles. The normalized spacial score (nSPS) is 12.8. The van der Waals surface area contributed by atoms with Gasteiger partial charge in [0.05, 0.1) is 12.0 Å². The Kier molecular flexibility index (Phi) is 6.51. The summed E-state index contributed by atoms with van der Waals surface area (Å²) < 4.78 is 0.918. The Morgan fingerprint density at radius 2 is 1.61 bits per heavy atom. The van der Waals surface area contributed by atoms with Crippen molar-refractivity contribution in [3.05, 3.63) is 117 Å². The van der Waals surface area contributed by atoms with Crippen molar-refractivity contribution in [1.29, 1.82) is 5.26 Å². The van der Waals surface area contributed by atoms with Crippen LogP contribution in [0.2, 0.25) is 5.02 Å². The molecule has 0 aromatic heterocycles. The molecule has 0 heterocycles. The lowest BCUT2D eigenvalue weighted by atomic mass is 9.78. The molecule has 2 atom stereocenters. The van der Waals surface area contributed by atoms with E-state index in [2.05, 4.69) is 22.0 Å². The quantitative estimate of drug-likeness (QED) is 0.259. The second-order valence-corrected chi connectivity index (χ2v) is 8.86. The third-order valence-corrected chi connectivity index (χ3v) is 6.27. The van der Waals surface area contributed by atoms with Gasteiger partial charge in [-0.1, -0.05) is 88.2 Å². The van der Waals surface area contributed by atoms with Gasteiger partial charge in [0.2, 0.25) is 0 Å².